The lowest BCUT2D eigenvalue weighted by atomic mass is 10.0. The molecule has 138 valence electrons. The molecule has 0 bridgehead atoms. The predicted molar refractivity (Wildman–Crippen MR) is 93.2 cm³/mol. The van der Waals surface area contributed by atoms with Crippen LogP contribution in [0.1, 0.15) is 23.6 Å². The number of benzene rings is 1. The van der Waals surface area contributed by atoms with Crippen molar-refractivity contribution >= 4 is 18.3 Å². The maximum absolute atomic E-state index is 13.7. The van der Waals surface area contributed by atoms with Gasteiger partial charge in [-0.05, 0) is 35.4 Å². The second-order valence-electron chi connectivity index (χ2n) is 6.44. The summed E-state index contributed by atoms with van der Waals surface area (Å²) in [4.78, 5) is 18.1. The molecule has 0 aliphatic carbocycles. The largest absolute Gasteiger partial charge is 0.341 e. The Labute approximate surface area is 153 Å². The summed E-state index contributed by atoms with van der Waals surface area (Å²) in [6.45, 7) is 0.658. The van der Waals surface area contributed by atoms with Gasteiger partial charge in [0.05, 0.1) is 12.2 Å². The van der Waals surface area contributed by atoms with Crippen molar-refractivity contribution in [2.75, 3.05) is 13.1 Å². The molecule has 1 fully saturated rings. The van der Waals surface area contributed by atoms with Gasteiger partial charge in [0.2, 0.25) is 0 Å². The van der Waals surface area contributed by atoms with Crippen LogP contribution in [0.4, 0.5) is 18.0 Å². The van der Waals surface area contributed by atoms with Crippen LogP contribution in [0.15, 0.2) is 47.3 Å². The molecule has 4 rings (SSSR count). The Morgan fingerprint density at radius 3 is 2.67 bits per heavy atom. The van der Waals surface area contributed by atoms with Crippen LogP contribution in [-0.4, -0.2) is 40.2 Å². The van der Waals surface area contributed by atoms with Crippen molar-refractivity contribution in [1.29, 1.82) is 0 Å². The standard InChI is InChI=1S/C19H15F3N4O/c20-15-2-1-13(17(22)7-15)5-12-10-25(11-12)19(27)26-18(3-4-24-26)14-6-16(21)9-23-8-14/h1-2,4-9,18H,3,10-11H2. The van der Waals surface area contributed by atoms with Crippen LogP contribution in [0, 0.1) is 17.5 Å². The first kappa shape index (κ1) is 17.3. The van der Waals surface area contributed by atoms with Gasteiger partial charge < -0.3 is 4.90 Å². The number of amides is 2. The smallest absolute Gasteiger partial charge is 0.315 e. The average Bonchev–Trinajstić information content (AvgIpc) is 3.08. The van der Waals surface area contributed by atoms with Crippen molar-refractivity contribution in [2.45, 2.75) is 12.5 Å². The van der Waals surface area contributed by atoms with E-state index in [0.29, 0.717) is 25.1 Å². The lowest BCUT2D eigenvalue weighted by molar-refractivity contribution is 0.136. The number of nitrogens with zero attached hydrogens (tertiary/aromatic N) is 4. The molecule has 2 aliphatic rings. The molecular weight excluding hydrogens is 357 g/mol. The molecule has 27 heavy (non-hydrogen) atoms. The van der Waals surface area contributed by atoms with Gasteiger partial charge in [0.1, 0.15) is 17.5 Å². The number of rotatable bonds is 2. The third kappa shape index (κ3) is 3.42. The number of pyridine rings is 1. The third-order valence-corrected chi connectivity index (χ3v) is 4.52. The average molecular weight is 372 g/mol. The number of hydrogen-bond acceptors (Lipinski definition) is 3. The fourth-order valence-electron chi connectivity index (χ4n) is 3.14. The minimum absolute atomic E-state index is 0.279. The second kappa shape index (κ2) is 6.86. The van der Waals surface area contributed by atoms with Crippen molar-refractivity contribution in [3.05, 3.63) is 70.8 Å². The molecule has 0 spiro atoms. The van der Waals surface area contributed by atoms with Gasteiger partial charge in [-0.3, -0.25) is 4.98 Å². The molecule has 2 aromatic rings. The molecule has 0 saturated carbocycles. The molecule has 1 aromatic heterocycles. The third-order valence-electron chi connectivity index (χ3n) is 4.52. The zero-order chi connectivity index (χ0) is 19.0. The first-order valence-electron chi connectivity index (χ1n) is 8.37. The number of carbonyl (C=O) groups is 1. The first-order valence-corrected chi connectivity index (χ1v) is 8.37. The number of halogens is 3. The molecule has 2 aliphatic heterocycles. The zero-order valence-electron chi connectivity index (χ0n) is 14.1. The highest BCUT2D eigenvalue weighted by atomic mass is 19.1. The summed E-state index contributed by atoms with van der Waals surface area (Å²) in [6.07, 6.45) is 6.32. The van der Waals surface area contributed by atoms with Crippen molar-refractivity contribution in [3.63, 3.8) is 0 Å². The predicted octanol–water partition coefficient (Wildman–Crippen LogP) is 3.75. The summed E-state index contributed by atoms with van der Waals surface area (Å²) >= 11 is 0. The van der Waals surface area contributed by atoms with Crippen molar-refractivity contribution in [3.8, 4) is 0 Å². The number of aromatic nitrogens is 1. The van der Waals surface area contributed by atoms with Crippen LogP contribution >= 0.6 is 0 Å². The summed E-state index contributed by atoms with van der Waals surface area (Å²) in [5.41, 5.74) is 1.70. The van der Waals surface area contributed by atoms with Crippen molar-refractivity contribution < 1.29 is 18.0 Å². The van der Waals surface area contributed by atoms with Crippen molar-refractivity contribution in [1.82, 2.24) is 14.9 Å². The van der Waals surface area contributed by atoms with E-state index < -0.39 is 23.5 Å². The fraction of sp³-hybridized carbons (Fsp3) is 0.211. The van der Waals surface area contributed by atoms with Crippen molar-refractivity contribution in [2.24, 2.45) is 5.10 Å². The maximum Gasteiger partial charge on any atom is 0.341 e. The number of carbonyl (C=O) groups excluding carboxylic acids is 1. The molecular formula is C19H15F3N4O. The lowest BCUT2D eigenvalue weighted by Gasteiger charge is -2.37. The minimum atomic E-state index is -0.643. The first-order chi connectivity index (χ1) is 13.0. The Morgan fingerprint density at radius 2 is 1.93 bits per heavy atom. The Balaban J connectivity index is 1.44. The van der Waals surface area contributed by atoms with Gasteiger partial charge in [-0.1, -0.05) is 0 Å². The van der Waals surface area contributed by atoms with Crippen LogP contribution in [0.5, 0.6) is 0 Å². The summed E-state index contributed by atoms with van der Waals surface area (Å²) in [5, 5.41) is 5.42. The number of likely N-dealkylation sites (tertiary alicyclic amines) is 1. The SMILES string of the molecule is O=C(N1CC(=Cc2ccc(F)cc2F)C1)N1N=CCC1c1cncc(F)c1. The summed E-state index contributed by atoms with van der Waals surface area (Å²) in [5.74, 6) is -1.75. The van der Waals surface area contributed by atoms with Gasteiger partial charge in [-0.15, -0.1) is 0 Å². The number of hydrazone groups is 1. The maximum atomic E-state index is 13.7. The highest BCUT2D eigenvalue weighted by Crippen LogP contribution is 2.31. The van der Waals surface area contributed by atoms with E-state index in [1.54, 1.807) is 17.2 Å². The molecule has 1 saturated heterocycles. The van der Waals surface area contributed by atoms with Crippen LogP contribution < -0.4 is 0 Å². The van der Waals surface area contributed by atoms with E-state index in [1.807, 2.05) is 0 Å². The Hall–Kier alpha value is -3.16. The molecule has 5 nitrogen and oxygen atoms in total. The molecule has 2 amide bonds. The normalized spacial score (nSPS) is 18.6. The summed E-state index contributed by atoms with van der Waals surface area (Å²) in [7, 11) is 0. The molecule has 3 heterocycles. The van der Waals surface area contributed by atoms with Gasteiger partial charge in [0, 0.05) is 43.6 Å². The molecule has 0 radical (unpaired) electrons. The monoisotopic (exact) mass is 372 g/mol. The van der Waals surface area contributed by atoms with Crippen LogP contribution in [0.3, 0.4) is 0 Å². The van der Waals surface area contributed by atoms with Gasteiger partial charge in [0.25, 0.3) is 0 Å². The van der Waals surface area contributed by atoms with Crippen LogP contribution in [-0.2, 0) is 0 Å². The highest BCUT2D eigenvalue weighted by Gasteiger charge is 2.35. The van der Waals surface area contributed by atoms with Crippen LogP contribution in [0.25, 0.3) is 6.08 Å². The Kier molecular flexibility index (Phi) is 4.39. The highest BCUT2D eigenvalue weighted by molar-refractivity contribution is 5.80. The summed E-state index contributed by atoms with van der Waals surface area (Å²) < 4.78 is 40.1. The Morgan fingerprint density at radius 1 is 1.11 bits per heavy atom. The second-order valence-corrected chi connectivity index (χ2v) is 6.44. The van der Waals surface area contributed by atoms with E-state index in [2.05, 4.69) is 10.1 Å². The van der Waals surface area contributed by atoms with E-state index in [4.69, 9.17) is 0 Å². The van der Waals surface area contributed by atoms with Gasteiger partial charge in [0.15, 0.2) is 0 Å². The van der Waals surface area contributed by atoms with E-state index in [-0.39, 0.29) is 11.6 Å². The van der Waals surface area contributed by atoms with Crippen LogP contribution in [0.2, 0.25) is 0 Å². The lowest BCUT2D eigenvalue weighted by Crippen LogP contribution is -2.49. The van der Waals surface area contributed by atoms with Gasteiger partial charge in [-0.2, -0.15) is 5.10 Å². The van der Waals surface area contributed by atoms with Gasteiger partial charge in [-0.25, -0.2) is 23.0 Å². The Bertz CT molecular complexity index is 952. The minimum Gasteiger partial charge on any atom is -0.315 e. The number of urea groups is 1. The number of hydrogen-bond donors (Lipinski definition) is 0. The summed E-state index contributed by atoms with van der Waals surface area (Å²) in [6, 6.07) is 4.00. The van der Waals surface area contributed by atoms with Gasteiger partial charge >= 0.3 is 6.03 Å². The molecule has 1 unspecified atom stereocenters. The molecule has 0 N–H and O–H groups in total. The molecule has 1 atom stereocenters. The van der Waals surface area contributed by atoms with E-state index in [9.17, 15) is 18.0 Å². The van der Waals surface area contributed by atoms with E-state index in [1.165, 1.54) is 29.4 Å². The van der Waals surface area contributed by atoms with E-state index >= 15 is 0 Å². The molecule has 8 heteroatoms. The quantitative estimate of drug-likeness (QED) is 0.806. The zero-order valence-corrected chi connectivity index (χ0v) is 14.1. The molecule has 1 aromatic carbocycles. The van der Waals surface area contributed by atoms with E-state index in [0.717, 1.165) is 17.8 Å². The topological polar surface area (TPSA) is 48.8 Å². The fourth-order valence-corrected chi connectivity index (χ4v) is 3.14.